The van der Waals surface area contributed by atoms with Crippen molar-refractivity contribution in [2.24, 2.45) is 0 Å². The molecule has 0 atom stereocenters. The van der Waals surface area contributed by atoms with E-state index >= 15 is 4.57 Å². The number of hydrogen-bond acceptors (Lipinski definition) is 2. The number of rotatable bonds is 4. The molecule has 0 saturated heterocycles. The van der Waals surface area contributed by atoms with Gasteiger partial charge in [-0.1, -0.05) is 140 Å². The van der Waals surface area contributed by atoms with Crippen LogP contribution in [-0.4, -0.2) is 9.38 Å². The van der Waals surface area contributed by atoms with Crippen molar-refractivity contribution in [1.29, 1.82) is 0 Å². The lowest BCUT2D eigenvalue weighted by Crippen LogP contribution is -2.24. The van der Waals surface area contributed by atoms with Crippen molar-refractivity contribution in [2.75, 3.05) is 0 Å². The molecule has 49 heavy (non-hydrogen) atoms. The summed E-state index contributed by atoms with van der Waals surface area (Å²) in [5.41, 5.74) is 6.45. The summed E-state index contributed by atoms with van der Waals surface area (Å²) in [6.07, 6.45) is 0. The number of nitrogens with zero attached hydrogens (tertiary/aromatic N) is 2. The van der Waals surface area contributed by atoms with Crippen molar-refractivity contribution >= 4 is 83.0 Å². The molecule has 0 spiro atoms. The molecule has 0 bridgehead atoms. The minimum atomic E-state index is -3.06. The van der Waals surface area contributed by atoms with Crippen LogP contribution >= 0.6 is 7.14 Å². The summed E-state index contributed by atoms with van der Waals surface area (Å²) in [4.78, 5) is 5.16. The molecule has 10 aromatic rings. The summed E-state index contributed by atoms with van der Waals surface area (Å²) in [7, 11) is -3.06. The van der Waals surface area contributed by atoms with Crippen molar-refractivity contribution in [2.45, 2.75) is 0 Å². The molecule has 0 aliphatic carbocycles. The van der Waals surface area contributed by atoms with Gasteiger partial charge in [-0.15, -0.1) is 0 Å². The molecule has 8 aromatic carbocycles. The van der Waals surface area contributed by atoms with Crippen LogP contribution in [0.25, 0.3) is 71.0 Å². The summed E-state index contributed by atoms with van der Waals surface area (Å²) < 4.78 is 17.3. The van der Waals surface area contributed by atoms with E-state index in [2.05, 4.69) is 114 Å². The van der Waals surface area contributed by atoms with Crippen molar-refractivity contribution in [1.82, 2.24) is 9.38 Å². The number of imidazole rings is 1. The van der Waals surface area contributed by atoms with E-state index in [0.29, 0.717) is 0 Å². The lowest BCUT2D eigenvalue weighted by molar-refractivity contribution is 0.592. The Bertz CT molecular complexity index is 2920. The Morgan fingerprint density at radius 1 is 0.429 bits per heavy atom. The third kappa shape index (κ3) is 4.23. The van der Waals surface area contributed by atoms with E-state index in [1.54, 1.807) is 0 Å². The van der Waals surface area contributed by atoms with E-state index in [1.807, 2.05) is 66.7 Å². The second-order valence-corrected chi connectivity index (χ2v) is 15.5. The summed E-state index contributed by atoms with van der Waals surface area (Å²) in [6, 6.07) is 60.9. The first-order valence-electron chi connectivity index (χ1n) is 16.6. The smallest absolute Gasteiger partial charge is 0.171 e. The minimum Gasteiger partial charge on any atom is -0.309 e. The Morgan fingerprint density at radius 2 is 1.04 bits per heavy atom. The maximum atomic E-state index is 15.0. The standard InChI is InChI=1S/C45H29N2OP/c48-49(35-12-3-1-4-13-35,36-14-5-2-6-15-36)37-24-21-32-27-31(19-20-33(32)28-37)34-23-25-39-43(29-34)47-42-18-10-9-17-41(42)46-45(47)40-26-22-30-11-7-8-16-38(30)44(39)40/h1-29H. The quantitative estimate of drug-likeness (QED) is 0.141. The SMILES string of the molecule is O=P(c1ccccc1)(c1ccccc1)c1ccc2cc(-c3ccc4c5c6ccccc6ccc5c5nc6ccccc6n5c4c3)ccc2c1. The highest BCUT2D eigenvalue weighted by Gasteiger charge is 2.29. The van der Waals surface area contributed by atoms with E-state index in [1.165, 1.54) is 21.5 Å². The van der Waals surface area contributed by atoms with Crippen LogP contribution in [0.3, 0.4) is 0 Å². The summed E-state index contributed by atoms with van der Waals surface area (Å²) in [6.45, 7) is 0. The average molecular weight is 645 g/mol. The van der Waals surface area contributed by atoms with Crippen LogP contribution in [0.1, 0.15) is 0 Å². The monoisotopic (exact) mass is 644 g/mol. The Morgan fingerprint density at radius 3 is 1.86 bits per heavy atom. The van der Waals surface area contributed by atoms with Gasteiger partial charge in [0.25, 0.3) is 0 Å². The number of pyridine rings is 1. The van der Waals surface area contributed by atoms with Crippen LogP contribution in [0.15, 0.2) is 176 Å². The zero-order valence-corrected chi connectivity index (χ0v) is 27.4. The number of hydrogen-bond donors (Lipinski definition) is 0. The number of benzene rings is 8. The molecule has 4 heteroatoms. The average Bonchev–Trinajstić information content (AvgIpc) is 3.58. The topological polar surface area (TPSA) is 34.4 Å². The van der Waals surface area contributed by atoms with Gasteiger partial charge in [-0.05, 0) is 69.1 Å². The fraction of sp³-hybridized carbons (Fsp3) is 0. The zero-order valence-electron chi connectivity index (χ0n) is 26.5. The van der Waals surface area contributed by atoms with Crippen molar-refractivity contribution in [3.8, 4) is 11.1 Å². The van der Waals surface area contributed by atoms with Gasteiger partial charge in [0.05, 0.1) is 16.6 Å². The molecular formula is C45H29N2OP. The second-order valence-electron chi connectivity index (χ2n) is 12.7. The molecule has 0 unspecified atom stereocenters. The molecule has 0 fully saturated rings. The molecule has 0 aliphatic rings. The molecular weight excluding hydrogens is 615 g/mol. The fourth-order valence-corrected chi connectivity index (χ4v) is 10.3. The predicted octanol–water partition coefficient (Wildman–Crippen LogP) is 10.4. The third-order valence-electron chi connectivity index (χ3n) is 10.00. The highest BCUT2D eigenvalue weighted by atomic mass is 31.2. The van der Waals surface area contributed by atoms with Crippen LogP contribution < -0.4 is 15.9 Å². The molecule has 3 nitrogen and oxygen atoms in total. The van der Waals surface area contributed by atoms with E-state index in [4.69, 9.17) is 4.98 Å². The summed E-state index contributed by atoms with van der Waals surface area (Å²) >= 11 is 0. The van der Waals surface area contributed by atoms with Gasteiger partial charge in [0.15, 0.2) is 7.14 Å². The van der Waals surface area contributed by atoms with E-state index in [-0.39, 0.29) is 0 Å². The minimum absolute atomic E-state index is 0.837. The number of para-hydroxylation sites is 2. The van der Waals surface area contributed by atoms with Crippen LogP contribution in [0.5, 0.6) is 0 Å². The van der Waals surface area contributed by atoms with Crippen molar-refractivity contribution < 1.29 is 4.57 Å². The largest absolute Gasteiger partial charge is 0.309 e. The Hall–Kier alpha value is -6.02. The first-order chi connectivity index (χ1) is 24.2. The molecule has 230 valence electrons. The molecule has 0 N–H and O–H groups in total. The van der Waals surface area contributed by atoms with E-state index in [9.17, 15) is 0 Å². The molecule has 10 rings (SSSR count). The number of aromatic nitrogens is 2. The number of fused-ring (bicyclic) bond motifs is 11. The zero-order chi connectivity index (χ0) is 32.5. The normalized spacial score (nSPS) is 12.2. The molecule has 0 aliphatic heterocycles. The van der Waals surface area contributed by atoms with Gasteiger partial charge in [-0.3, -0.25) is 4.40 Å². The lowest BCUT2D eigenvalue weighted by atomic mass is 9.96. The van der Waals surface area contributed by atoms with E-state index in [0.717, 1.165) is 65.4 Å². The van der Waals surface area contributed by atoms with E-state index < -0.39 is 7.14 Å². The predicted molar refractivity (Wildman–Crippen MR) is 208 cm³/mol. The van der Waals surface area contributed by atoms with Crippen LogP contribution in [-0.2, 0) is 4.57 Å². The molecule has 2 heterocycles. The fourth-order valence-electron chi connectivity index (χ4n) is 7.64. The molecule has 0 saturated carbocycles. The van der Waals surface area contributed by atoms with Gasteiger partial charge in [0.1, 0.15) is 5.65 Å². The van der Waals surface area contributed by atoms with Crippen LogP contribution in [0, 0.1) is 0 Å². The molecule has 0 radical (unpaired) electrons. The van der Waals surface area contributed by atoms with Gasteiger partial charge in [0.2, 0.25) is 0 Å². The first kappa shape index (κ1) is 28.0. The van der Waals surface area contributed by atoms with Crippen molar-refractivity contribution in [3.63, 3.8) is 0 Å². The highest BCUT2D eigenvalue weighted by molar-refractivity contribution is 7.85. The van der Waals surface area contributed by atoms with Crippen molar-refractivity contribution in [3.05, 3.63) is 176 Å². The van der Waals surface area contributed by atoms with Gasteiger partial charge >= 0.3 is 0 Å². The Balaban J connectivity index is 1.17. The molecule has 0 amide bonds. The van der Waals surface area contributed by atoms with Gasteiger partial charge in [-0.2, -0.15) is 0 Å². The second kappa shape index (κ2) is 10.8. The summed E-state index contributed by atoms with van der Waals surface area (Å²) in [5.74, 6) is 0. The Kier molecular flexibility index (Phi) is 6.15. The van der Waals surface area contributed by atoms with Gasteiger partial charge in [0, 0.05) is 32.1 Å². The summed E-state index contributed by atoms with van der Waals surface area (Å²) in [5, 5.41) is 10.7. The first-order valence-corrected chi connectivity index (χ1v) is 18.3. The Labute approximate surface area is 283 Å². The highest BCUT2D eigenvalue weighted by Crippen LogP contribution is 2.43. The van der Waals surface area contributed by atoms with Crippen LogP contribution in [0.4, 0.5) is 0 Å². The molecule has 2 aromatic heterocycles. The lowest BCUT2D eigenvalue weighted by Gasteiger charge is -2.20. The van der Waals surface area contributed by atoms with Gasteiger partial charge < -0.3 is 4.57 Å². The third-order valence-corrected chi connectivity index (χ3v) is 13.1. The maximum absolute atomic E-state index is 15.0. The van der Waals surface area contributed by atoms with Crippen LogP contribution in [0.2, 0.25) is 0 Å². The van der Waals surface area contributed by atoms with Gasteiger partial charge in [-0.25, -0.2) is 4.98 Å². The maximum Gasteiger partial charge on any atom is 0.171 e.